The number of nitrogens with zero attached hydrogens (tertiary/aromatic N) is 1. The van der Waals surface area contributed by atoms with Crippen molar-refractivity contribution in [1.29, 1.82) is 0 Å². The van der Waals surface area contributed by atoms with Crippen LogP contribution < -0.4 is 5.48 Å². The van der Waals surface area contributed by atoms with Crippen molar-refractivity contribution in [2.24, 2.45) is 0 Å². The summed E-state index contributed by atoms with van der Waals surface area (Å²) in [6.07, 6.45) is 0.157. The molecule has 0 bridgehead atoms. The maximum absolute atomic E-state index is 11.5. The summed E-state index contributed by atoms with van der Waals surface area (Å²) in [6, 6.07) is 9.04. The molecular weight excluding hydrogens is 220 g/mol. The van der Waals surface area contributed by atoms with Gasteiger partial charge in [0.1, 0.15) is 6.04 Å². The Morgan fingerprint density at radius 1 is 1.35 bits per heavy atom. The topological polar surface area (TPSA) is 58.6 Å². The standard InChI is InChI=1S/C12H14N2O3/c1-14-11(15)7-10(12(14)16)13-17-8-9-5-3-2-4-6-9/h2-6,10,13H,7-8H2,1H3. The lowest BCUT2D eigenvalue weighted by Gasteiger charge is -2.10. The Balaban J connectivity index is 1.80. The van der Waals surface area contributed by atoms with Crippen molar-refractivity contribution in [2.45, 2.75) is 19.1 Å². The Bertz CT molecular complexity index is 419. The number of carbonyl (C=O) groups excluding carboxylic acids is 2. The summed E-state index contributed by atoms with van der Waals surface area (Å²) >= 11 is 0. The molecule has 0 radical (unpaired) electrons. The second-order valence-electron chi connectivity index (χ2n) is 3.94. The van der Waals surface area contributed by atoms with E-state index in [-0.39, 0.29) is 18.2 Å². The number of carbonyl (C=O) groups is 2. The van der Waals surface area contributed by atoms with Gasteiger partial charge in [-0.05, 0) is 5.56 Å². The number of likely N-dealkylation sites (N-methyl/N-ethyl adjacent to an activating group) is 1. The van der Waals surface area contributed by atoms with E-state index in [0.29, 0.717) is 6.61 Å². The first kappa shape index (κ1) is 11.8. The number of amides is 2. The summed E-state index contributed by atoms with van der Waals surface area (Å²) in [4.78, 5) is 29.1. The molecule has 1 saturated heterocycles. The van der Waals surface area contributed by atoms with Gasteiger partial charge in [0.15, 0.2) is 0 Å². The van der Waals surface area contributed by atoms with Crippen LogP contribution in [0.5, 0.6) is 0 Å². The number of benzene rings is 1. The third-order valence-corrected chi connectivity index (χ3v) is 2.69. The van der Waals surface area contributed by atoms with Gasteiger partial charge in [-0.2, -0.15) is 5.48 Å². The highest BCUT2D eigenvalue weighted by Crippen LogP contribution is 2.10. The third kappa shape index (κ3) is 2.69. The van der Waals surface area contributed by atoms with Gasteiger partial charge in [0, 0.05) is 7.05 Å². The first-order valence-corrected chi connectivity index (χ1v) is 5.40. The lowest BCUT2D eigenvalue weighted by atomic mass is 10.2. The van der Waals surface area contributed by atoms with Gasteiger partial charge < -0.3 is 0 Å². The molecule has 1 aliphatic heterocycles. The molecule has 1 atom stereocenters. The summed E-state index contributed by atoms with van der Waals surface area (Å²) in [5.41, 5.74) is 3.63. The molecule has 1 N–H and O–H groups in total. The number of imide groups is 1. The number of hydrogen-bond acceptors (Lipinski definition) is 4. The SMILES string of the molecule is CN1C(=O)CC(NOCc2ccccc2)C1=O. The second kappa shape index (κ2) is 5.07. The number of likely N-dealkylation sites (tertiary alicyclic amines) is 1. The zero-order valence-electron chi connectivity index (χ0n) is 9.55. The molecule has 0 spiro atoms. The molecule has 2 amide bonds. The number of hydrogen-bond donors (Lipinski definition) is 1. The molecule has 1 heterocycles. The number of rotatable bonds is 4. The van der Waals surface area contributed by atoms with Crippen molar-refractivity contribution < 1.29 is 14.4 Å². The zero-order chi connectivity index (χ0) is 12.3. The third-order valence-electron chi connectivity index (χ3n) is 2.69. The summed E-state index contributed by atoms with van der Waals surface area (Å²) < 4.78 is 0. The molecular formula is C12H14N2O3. The van der Waals surface area contributed by atoms with Gasteiger partial charge in [-0.3, -0.25) is 19.3 Å². The van der Waals surface area contributed by atoms with Crippen LogP contribution in [0.3, 0.4) is 0 Å². The average molecular weight is 234 g/mol. The fourth-order valence-corrected chi connectivity index (χ4v) is 1.65. The monoisotopic (exact) mass is 234 g/mol. The second-order valence-corrected chi connectivity index (χ2v) is 3.94. The molecule has 1 aromatic rings. The van der Waals surface area contributed by atoms with Crippen LogP contribution in [0.2, 0.25) is 0 Å². The molecule has 17 heavy (non-hydrogen) atoms. The predicted molar refractivity (Wildman–Crippen MR) is 60.5 cm³/mol. The Kier molecular flexibility index (Phi) is 3.51. The Morgan fingerprint density at radius 2 is 2.06 bits per heavy atom. The highest BCUT2D eigenvalue weighted by atomic mass is 16.6. The molecule has 1 aromatic carbocycles. The van der Waals surface area contributed by atoms with Crippen LogP contribution in [0.15, 0.2) is 30.3 Å². The van der Waals surface area contributed by atoms with E-state index in [4.69, 9.17) is 4.84 Å². The molecule has 90 valence electrons. The largest absolute Gasteiger partial charge is 0.296 e. The van der Waals surface area contributed by atoms with Gasteiger partial charge in [-0.1, -0.05) is 30.3 Å². The predicted octanol–water partition coefficient (Wildman–Crippen LogP) is 0.465. The van der Waals surface area contributed by atoms with Crippen molar-refractivity contribution in [3.8, 4) is 0 Å². The smallest absolute Gasteiger partial charge is 0.248 e. The van der Waals surface area contributed by atoms with E-state index in [1.54, 1.807) is 0 Å². The van der Waals surface area contributed by atoms with Crippen molar-refractivity contribution in [3.63, 3.8) is 0 Å². The van der Waals surface area contributed by atoms with Gasteiger partial charge in [0.05, 0.1) is 13.0 Å². The fraction of sp³-hybridized carbons (Fsp3) is 0.333. The van der Waals surface area contributed by atoms with Crippen molar-refractivity contribution in [2.75, 3.05) is 7.05 Å². The van der Waals surface area contributed by atoms with Crippen LogP contribution in [0.4, 0.5) is 0 Å². The zero-order valence-corrected chi connectivity index (χ0v) is 9.55. The Morgan fingerprint density at radius 3 is 2.65 bits per heavy atom. The molecule has 0 saturated carbocycles. The van der Waals surface area contributed by atoms with Gasteiger partial charge >= 0.3 is 0 Å². The van der Waals surface area contributed by atoms with Gasteiger partial charge in [0.25, 0.3) is 0 Å². The van der Waals surface area contributed by atoms with Crippen molar-refractivity contribution >= 4 is 11.8 Å². The molecule has 2 rings (SSSR count). The molecule has 1 fully saturated rings. The van der Waals surface area contributed by atoms with E-state index < -0.39 is 6.04 Å². The molecule has 0 aliphatic carbocycles. The van der Waals surface area contributed by atoms with Crippen LogP contribution in [0.1, 0.15) is 12.0 Å². The molecule has 5 heteroatoms. The van der Waals surface area contributed by atoms with Gasteiger partial charge in [-0.15, -0.1) is 0 Å². The minimum atomic E-state index is -0.559. The van der Waals surface area contributed by atoms with Crippen LogP contribution in [-0.4, -0.2) is 29.8 Å². The van der Waals surface area contributed by atoms with E-state index >= 15 is 0 Å². The highest BCUT2D eigenvalue weighted by Gasteiger charge is 2.36. The first-order chi connectivity index (χ1) is 8.18. The Labute approximate surface area is 99.3 Å². The van der Waals surface area contributed by atoms with Gasteiger partial charge in [-0.25, -0.2) is 0 Å². The van der Waals surface area contributed by atoms with Crippen LogP contribution >= 0.6 is 0 Å². The summed E-state index contributed by atoms with van der Waals surface area (Å²) in [7, 11) is 1.48. The molecule has 1 unspecified atom stereocenters. The van der Waals surface area contributed by atoms with Crippen LogP contribution in [-0.2, 0) is 21.0 Å². The maximum Gasteiger partial charge on any atom is 0.248 e. The fourth-order valence-electron chi connectivity index (χ4n) is 1.65. The van der Waals surface area contributed by atoms with Crippen molar-refractivity contribution in [3.05, 3.63) is 35.9 Å². The minimum Gasteiger partial charge on any atom is -0.296 e. The van der Waals surface area contributed by atoms with E-state index in [2.05, 4.69) is 5.48 Å². The average Bonchev–Trinajstić information content (AvgIpc) is 2.59. The molecule has 1 aliphatic rings. The molecule has 0 aromatic heterocycles. The lowest BCUT2D eigenvalue weighted by molar-refractivity contribution is -0.138. The molecule has 5 nitrogen and oxygen atoms in total. The minimum absolute atomic E-state index is 0.157. The van der Waals surface area contributed by atoms with E-state index in [1.807, 2.05) is 30.3 Å². The summed E-state index contributed by atoms with van der Waals surface area (Å²) in [5, 5.41) is 0. The van der Waals surface area contributed by atoms with E-state index in [9.17, 15) is 9.59 Å². The van der Waals surface area contributed by atoms with E-state index in [1.165, 1.54) is 7.05 Å². The summed E-state index contributed by atoms with van der Waals surface area (Å²) in [6.45, 7) is 0.364. The number of nitrogens with one attached hydrogen (secondary N) is 1. The highest BCUT2D eigenvalue weighted by molar-refractivity contribution is 6.05. The van der Waals surface area contributed by atoms with Crippen molar-refractivity contribution in [1.82, 2.24) is 10.4 Å². The quantitative estimate of drug-likeness (QED) is 0.607. The first-order valence-electron chi connectivity index (χ1n) is 5.40. The lowest BCUT2D eigenvalue weighted by Crippen LogP contribution is -2.37. The van der Waals surface area contributed by atoms with E-state index in [0.717, 1.165) is 10.5 Å². The van der Waals surface area contributed by atoms with Gasteiger partial charge in [0.2, 0.25) is 11.8 Å². The van der Waals surface area contributed by atoms with Crippen LogP contribution in [0, 0.1) is 0 Å². The Hall–Kier alpha value is -1.72. The number of hydroxylamine groups is 1. The summed E-state index contributed by atoms with van der Waals surface area (Å²) in [5.74, 6) is -0.432. The van der Waals surface area contributed by atoms with Crippen LogP contribution in [0.25, 0.3) is 0 Å². The normalized spacial score (nSPS) is 20.1. The maximum atomic E-state index is 11.5.